The third-order valence-corrected chi connectivity index (χ3v) is 7.27. The van der Waals surface area contributed by atoms with E-state index in [0.29, 0.717) is 5.92 Å². The Hall–Kier alpha value is 0.150. The fourth-order valence-corrected chi connectivity index (χ4v) is 5.87. The first kappa shape index (κ1) is 16.2. The van der Waals surface area contributed by atoms with Gasteiger partial charge in [0.15, 0.2) is 0 Å². The average Bonchev–Trinajstić information content (AvgIpc) is 2.43. The lowest BCUT2D eigenvalue weighted by Gasteiger charge is -2.43. The summed E-state index contributed by atoms with van der Waals surface area (Å²) in [4.78, 5) is 0. The summed E-state index contributed by atoms with van der Waals surface area (Å²) in [6.07, 6.45) is 12.5. The van der Waals surface area contributed by atoms with Crippen LogP contribution in [0.15, 0.2) is 0 Å². The average molecular weight is 272 g/mol. The fraction of sp³-hybridized carbons (Fsp3) is 1.00. The first-order chi connectivity index (χ1) is 8.71. The van der Waals surface area contributed by atoms with Crippen molar-refractivity contribution in [2.24, 2.45) is 5.92 Å². The molecule has 0 aromatic carbocycles. The number of unbranched alkanes of at least 4 members (excludes halogenated alkanes) is 3. The lowest BCUT2D eigenvalue weighted by atomic mass is 9.75. The molecular formula is C16H32OS. The Morgan fingerprint density at radius 1 is 1.11 bits per heavy atom. The SMILES string of the molecule is CCCCCCS(=O)C1(CC)CCCCC1CC. The quantitative estimate of drug-likeness (QED) is 0.564. The molecule has 18 heavy (non-hydrogen) atoms. The second-order valence-corrected chi connectivity index (χ2v) is 7.79. The van der Waals surface area contributed by atoms with E-state index in [1.54, 1.807) is 0 Å². The van der Waals surface area contributed by atoms with E-state index in [0.717, 1.165) is 12.2 Å². The molecule has 1 aliphatic rings. The van der Waals surface area contributed by atoms with Gasteiger partial charge in [0, 0.05) is 21.3 Å². The maximum absolute atomic E-state index is 12.8. The van der Waals surface area contributed by atoms with Crippen molar-refractivity contribution < 1.29 is 4.21 Å². The topological polar surface area (TPSA) is 17.1 Å². The molecule has 0 aromatic heterocycles. The highest BCUT2D eigenvalue weighted by atomic mass is 32.2. The normalized spacial score (nSPS) is 30.3. The van der Waals surface area contributed by atoms with Crippen LogP contribution in [0.4, 0.5) is 0 Å². The monoisotopic (exact) mass is 272 g/mol. The zero-order chi connectivity index (χ0) is 13.4. The molecule has 0 aliphatic heterocycles. The van der Waals surface area contributed by atoms with Crippen LogP contribution in [0.5, 0.6) is 0 Å². The molecule has 108 valence electrons. The van der Waals surface area contributed by atoms with Crippen LogP contribution in [0.1, 0.15) is 85.0 Å². The van der Waals surface area contributed by atoms with Gasteiger partial charge in [-0.15, -0.1) is 0 Å². The molecule has 1 aliphatic carbocycles. The molecule has 0 saturated heterocycles. The van der Waals surface area contributed by atoms with Gasteiger partial charge in [0.1, 0.15) is 0 Å². The second kappa shape index (κ2) is 8.35. The summed E-state index contributed by atoms with van der Waals surface area (Å²) in [5, 5.41) is 0. The summed E-state index contributed by atoms with van der Waals surface area (Å²) in [5.41, 5.74) is 0. The van der Waals surface area contributed by atoms with Crippen LogP contribution in [-0.2, 0) is 10.8 Å². The second-order valence-electron chi connectivity index (χ2n) is 5.88. The predicted octanol–water partition coefficient (Wildman–Crippen LogP) is 5.06. The summed E-state index contributed by atoms with van der Waals surface area (Å²) in [5.74, 6) is 1.66. The van der Waals surface area contributed by atoms with E-state index in [-0.39, 0.29) is 4.75 Å². The van der Waals surface area contributed by atoms with Crippen molar-refractivity contribution in [2.45, 2.75) is 89.7 Å². The maximum Gasteiger partial charge on any atom is 0.0484 e. The van der Waals surface area contributed by atoms with Gasteiger partial charge in [-0.05, 0) is 31.6 Å². The fourth-order valence-electron chi connectivity index (χ4n) is 3.65. The standard InChI is InChI=1S/C16H32OS/c1-4-7-8-11-14-18(17)16(6-3)13-10-9-12-15(16)5-2/h15H,4-14H2,1-3H3. The minimum absolute atomic E-state index is 0.166. The molecule has 1 rings (SSSR count). The molecule has 0 bridgehead atoms. The summed E-state index contributed by atoms with van der Waals surface area (Å²) >= 11 is 0. The molecule has 2 heteroatoms. The Kier molecular flexibility index (Phi) is 7.51. The highest BCUT2D eigenvalue weighted by molar-refractivity contribution is 7.86. The van der Waals surface area contributed by atoms with Gasteiger partial charge >= 0.3 is 0 Å². The zero-order valence-electron chi connectivity index (χ0n) is 12.7. The van der Waals surface area contributed by atoms with Gasteiger partial charge in [-0.25, -0.2) is 0 Å². The van der Waals surface area contributed by atoms with Gasteiger partial charge in [0.05, 0.1) is 0 Å². The van der Waals surface area contributed by atoms with Gasteiger partial charge in [0.25, 0.3) is 0 Å². The Morgan fingerprint density at radius 2 is 1.89 bits per heavy atom. The molecule has 0 spiro atoms. The lowest BCUT2D eigenvalue weighted by molar-refractivity contribution is 0.252. The van der Waals surface area contributed by atoms with Crippen molar-refractivity contribution in [1.29, 1.82) is 0 Å². The van der Waals surface area contributed by atoms with E-state index in [1.807, 2.05) is 0 Å². The summed E-state index contributed by atoms with van der Waals surface area (Å²) in [7, 11) is -0.599. The first-order valence-corrected chi connectivity index (χ1v) is 9.41. The van der Waals surface area contributed by atoms with Crippen LogP contribution < -0.4 is 0 Å². The molecule has 0 radical (unpaired) electrons. The van der Waals surface area contributed by atoms with Crippen molar-refractivity contribution in [3.05, 3.63) is 0 Å². The van der Waals surface area contributed by atoms with Crippen LogP contribution in [-0.4, -0.2) is 14.7 Å². The van der Waals surface area contributed by atoms with Crippen molar-refractivity contribution in [2.75, 3.05) is 5.75 Å². The van der Waals surface area contributed by atoms with Crippen molar-refractivity contribution in [1.82, 2.24) is 0 Å². The minimum Gasteiger partial charge on any atom is -0.259 e. The number of hydrogen-bond acceptors (Lipinski definition) is 1. The molecule has 1 saturated carbocycles. The van der Waals surface area contributed by atoms with Crippen LogP contribution in [0.25, 0.3) is 0 Å². The van der Waals surface area contributed by atoms with E-state index < -0.39 is 10.8 Å². The van der Waals surface area contributed by atoms with E-state index >= 15 is 0 Å². The molecule has 0 aromatic rings. The van der Waals surface area contributed by atoms with E-state index in [9.17, 15) is 4.21 Å². The molecule has 0 heterocycles. The summed E-state index contributed by atoms with van der Waals surface area (Å²) in [6.45, 7) is 6.78. The Bertz CT molecular complexity index is 251. The Balaban J connectivity index is 2.58. The third kappa shape index (κ3) is 3.82. The van der Waals surface area contributed by atoms with E-state index in [4.69, 9.17) is 0 Å². The smallest absolute Gasteiger partial charge is 0.0484 e. The van der Waals surface area contributed by atoms with Gasteiger partial charge in [-0.3, -0.25) is 4.21 Å². The maximum atomic E-state index is 12.8. The number of rotatable bonds is 8. The highest BCUT2D eigenvalue weighted by Gasteiger charge is 2.42. The van der Waals surface area contributed by atoms with Crippen LogP contribution >= 0.6 is 0 Å². The highest BCUT2D eigenvalue weighted by Crippen LogP contribution is 2.43. The van der Waals surface area contributed by atoms with Crippen LogP contribution in [0, 0.1) is 5.92 Å². The van der Waals surface area contributed by atoms with Gasteiger partial charge in [-0.1, -0.05) is 59.3 Å². The Labute approximate surface area is 117 Å². The zero-order valence-corrected chi connectivity index (χ0v) is 13.5. The molecular weight excluding hydrogens is 240 g/mol. The molecule has 3 atom stereocenters. The first-order valence-electron chi connectivity index (χ1n) is 8.09. The van der Waals surface area contributed by atoms with Crippen molar-refractivity contribution in [3.8, 4) is 0 Å². The molecule has 1 fully saturated rings. The predicted molar refractivity (Wildman–Crippen MR) is 82.4 cm³/mol. The van der Waals surface area contributed by atoms with E-state index in [2.05, 4.69) is 20.8 Å². The summed E-state index contributed by atoms with van der Waals surface area (Å²) < 4.78 is 13.0. The van der Waals surface area contributed by atoms with Crippen LogP contribution in [0.3, 0.4) is 0 Å². The van der Waals surface area contributed by atoms with Crippen molar-refractivity contribution in [3.63, 3.8) is 0 Å². The molecule has 3 unspecified atom stereocenters. The van der Waals surface area contributed by atoms with Gasteiger partial charge in [0.2, 0.25) is 0 Å². The molecule has 1 nitrogen and oxygen atoms in total. The van der Waals surface area contributed by atoms with Crippen LogP contribution in [0.2, 0.25) is 0 Å². The summed E-state index contributed by atoms with van der Waals surface area (Å²) in [6, 6.07) is 0. The molecule has 0 N–H and O–H groups in total. The molecule has 0 amide bonds. The number of hydrogen-bond donors (Lipinski definition) is 0. The minimum atomic E-state index is -0.599. The van der Waals surface area contributed by atoms with E-state index in [1.165, 1.54) is 57.8 Å². The van der Waals surface area contributed by atoms with Gasteiger partial charge < -0.3 is 0 Å². The lowest BCUT2D eigenvalue weighted by Crippen LogP contribution is -2.45. The van der Waals surface area contributed by atoms with Gasteiger partial charge in [-0.2, -0.15) is 0 Å². The third-order valence-electron chi connectivity index (χ3n) is 4.87. The largest absolute Gasteiger partial charge is 0.259 e. The van der Waals surface area contributed by atoms with Crippen molar-refractivity contribution >= 4 is 10.8 Å². The Morgan fingerprint density at radius 3 is 2.50 bits per heavy atom.